The second-order valence-electron chi connectivity index (χ2n) is 5.79. The number of carbonyl (C=O) groups excluding carboxylic acids is 1. The van der Waals surface area contributed by atoms with Crippen molar-refractivity contribution in [1.29, 1.82) is 0 Å². The summed E-state index contributed by atoms with van der Waals surface area (Å²) in [7, 11) is 3.12. The van der Waals surface area contributed by atoms with Crippen molar-refractivity contribution >= 4 is 16.7 Å². The molecule has 0 spiro atoms. The van der Waals surface area contributed by atoms with Crippen LogP contribution in [0.25, 0.3) is 10.8 Å². The van der Waals surface area contributed by atoms with Gasteiger partial charge < -0.3 is 19.3 Å². The molecule has 0 saturated carbocycles. The van der Waals surface area contributed by atoms with Crippen molar-refractivity contribution in [3.63, 3.8) is 0 Å². The molecule has 2 aromatic rings. The zero-order chi connectivity index (χ0) is 17.9. The van der Waals surface area contributed by atoms with Crippen molar-refractivity contribution in [2.24, 2.45) is 0 Å². The number of methoxy groups -OCH3 is 2. The molecule has 1 aromatic carbocycles. The lowest BCUT2D eigenvalue weighted by molar-refractivity contribution is -0.147. The number of rotatable bonds is 6. The minimum absolute atomic E-state index is 0.0791. The maximum absolute atomic E-state index is 11.8. The molecule has 1 heterocycles. The second-order valence-corrected chi connectivity index (χ2v) is 5.79. The van der Waals surface area contributed by atoms with Gasteiger partial charge in [-0.05, 0) is 44.7 Å². The maximum Gasteiger partial charge on any atom is 0.306 e. The van der Waals surface area contributed by atoms with Crippen molar-refractivity contribution in [2.75, 3.05) is 14.2 Å². The summed E-state index contributed by atoms with van der Waals surface area (Å²) in [5.74, 6) is 0.759. The summed E-state index contributed by atoms with van der Waals surface area (Å²) in [4.78, 5) is 16.0. The van der Waals surface area contributed by atoms with E-state index in [1.165, 1.54) is 0 Å². The SMILES string of the molecule is COc1cc2c(C)nc(O)c(CCC(=O)OC(C)C)c2cc1OC. The van der Waals surface area contributed by atoms with Crippen molar-refractivity contribution in [3.8, 4) is 17.4 Å². The number of aromatic hydroxyl groups is 1. The van der Waals surface area contributed by atoms with Gasteiger partial charge in [-0.15, -0.1) is 0 Å². The molecule has 0 aliphatic carbocycles. The zero-order valence-corrected chi connectivity index (χ0v) is 14.7. The first kappa shape index (κ1) is 17.8. The molecule has 0 aliphatic rings. The molecule has 6 heteroatoms. The summed E-state index contributed by atoms with van der Waals surface area (Å²) in [5, 5.41) is 11.9. The molecule has 0 fully saturated rings. The summed E-state index contributed by atoms with van der Waals surface area (Å²) in [6.45, 7) is 5.41. The number of hydrogen-bond donors (Lipinski definition) is 1. The van der Waals surface area contributed by atoms with Gasteiger partial charge >= 0.3 is 5.97 Å². The molecule has 0 bridgehead atoms. The van der Waals surface area contributed by atoms with E-state index in [4.69, 9.17) is 14.2 Å². The van der Waals surface area contributed by atoms with Crippen LogP contribution in [0, 0.1) is 6.92 Å². The van der Waals surface area contributed by atoms with Gasteiger partial charge in [0.15, 0.2) is 11.5 Å². The molecule has 6 nitrogen and oxygen atoms in total. The standard InChI is InChI=1S/C18H23NO5/c1-10(2)24-17(20)7-6-12-14-9-16(23-5)15(22-4)8-13(14)11(3)19-18(12)21/h8-10H,6-7H2,1-5H3,(H,19,21). The fraction of sp³-hybridized carbons (Fsp3) is 0.444. The number of ether oxygens (including phenoxy) is 3. The fourth-order valence-electron chi connectivity index (χ4n) is 2.63. The number of hydrogen-bond acceptors (Lipinski definition) is 6. The van der Waals surface area contributed by atoms with E-state index in [1.807, 2.05) is 13.0 Å². The van der Waals surface area contributed by atoms with Crippen LogP contribution in [-0.2, 0) is 16.0 Å². The lowest BCUT2D eigenvalue weighted by Crippen LogP contribution is -2.12. The van der Waals surface area contributed by atoms with Crippen LogP contribution in [0.1, 0.15) is 31.5 Å². The van der Waals surface area contributed by atoms with E-state index in [0.29, 0.717) is 29.2 Å². The van der Waals surface area contributed by atoms with Crippen LogP contribution >= 0.6 is 0 Å². The van der Waals surface area contributed by atoms with Gasteiger partial charge in [0.05, 0.1) is 20.3 Å². The Kier molecular flexibility index (Phi) is 5.49. The molecule has 24 heavy (non-hydrogen) atoms. The highest BCUT2D eigenvalue weighted by Gasteiger charge is 2.17. The lowest BCUT2D eigenvalue weighted by Gasteiger charge is -2.14. The van der Waals surface area contributed by atoms with Gasteiger partial charge in [0.2, 0.25) is 5.88 Å². The Morgan fingerprint density at radius 1 is 1.17 bits per heavy atom. The smallest absolute Gasteiger partial charge is 0.306 e. The molecule has 0 atom stereocenters. The Morgan fingerprint density at radius 3 is 2.29 bits per heavy atom. The van der Waals surface area contributed by atoms with Gasteiger partial charge in [-0.2, -0.15) is 0 Å². The molecule has 0 radical (unpaired) electrons. The Labute approximate surface area is 141 Å². The van der Waals surface area contributed by atoms with Crippen LogP contribution in [0.15, 0.2) is 12.1 Å². The van der Waals surface area contributed by atoms with Gasteiger partial charge in [0, 0.05) is 23.1 Å². The highest BCUT2D eigenvalue weighted by atomic mass is 16.5. The summed E-state index contributed by atoms with van der Waals surface area (Å²) in [5.41, 5.74) is 1.27. The first-order valence-corrected chi connectivity index (χ1v) is 7.81. The van der Waals surface area contributed by atoms with Crippen molar-refractivity contribution in [2.45, 2.75) is 39.7 Å². The number of nitrogens with zero attached hydrogens (tertiary/aromatic N) is 1. The number of benzene rings is 1. The van der Waals surface area contributed by atoms with E-state index in [1.54, 1.807) is 34.1 Å². The highest BCUT2D eigenvalue weighted by Crippen LogP contribution is 2.37. The van der Waals surface area contributed by atoms with Gasteiger partial charge in [-0.1, -0.05) is 0 Å². The minimum atomic E-state index is -0.307. The van der Waals surface area contributed by atoms with Gasteiger partial charge in [0.1, 0.15) is 0 Å². The lowest BCUT2D eigenvalue weighted by atomic mass is 10.0. The van der Waals surface area contributed by atoms with Crippen molar-refractivity contribution < 1.29 is 24.1 Å². The van der Waals surface area contributed by atoms with Crippen LogP contribution in [0.4, 0.5) is 0 Å². The number of fused-ring (bicyclic) bond motifs is 1. The molecular weight excluding hydrogens is 310 g/mol. The summed E-state index contributed by atoms with van der Waals surface area (Å²) >= 11 is 0. The van der Waals surface area contributed by atoms with E-state index in [2.05, 4.69) is 4.98 Å². The predicted molar refractivity (Wildman–Crippen MR) is 90.8 cm³/mol. The molecule has 1 N–H and O–H groups in total. The average molecular weight is 333 g/mol. The van der Waals surface area contributed by atoms with Crippen LogP contribution in [0.3, 0.4) is 0 Å². The predicted octanol–water partition coefficient (Wildman–Crippen LogP) is 3.15. The van der Waals surface area contributed by atoms with Crippen LogP contribution in [0.2, 0.25) is 0 Å². The number of esters is 1. The number of aryl methyl sites for hydroxylation is 2. The third-order valence-electron chi connectivity index (χ3n) is 3.73. The van der Waals surface area contributed by atoms with Crippen molar-refractivity contribution in [3.05, 3.63) is 23.4 Å². The fourth-order valence-corrected chi connectivity index (χ4v) is 2.63. The third kappa shape index (κ3) is 3.69. The Bertz CT molecular complexity index is 755. The third-order valence-corrected chi connectivity index (χ3v) is 3.73. The molecule has 0 aliphatic heterocycles. The molecule has 2 rings (SSSR count). The largest absolute Gasteiger partial charge is 0.493 e. The monoisotopic (exact) mass is 333 g/mol. The van der Waals surface area contributed by atoms with Gasteiger partial charge in [-0.25, -0.2) is 4.98 Å². The molecule has 130 valence electrons. The van der Waals surface area contributed by atoms with E-state index in [9.17, 15) is 9.90 Å². The van der Waals surface area contributed by atoms with Crippen LogP contribution in [-0.4, -0.2) is 36.4 Å². The molecule has 0 saturated heterocycles. The first-order chi connectivity index (χ1) is 11.4. The Morgan fingerprint density at radius 2 is 1.75 bits per heavy atom. The highest BCUT2D eigenvalue weighted by molar-refractivity contribution is 5.92. The van der Waals surface area contributed by atoms with E-state index in [0.717, 1.165) is 10.8 Å². The zero-order valence-electron chi connectivity index (χ0n) is 14.7. The molecule has 0 amide bonds. The quantitative estimate of drug-likeness (QED) is 0.818. The summed E-state index contributed by atoms with van der Waals surface area (Å²) in [6.07, 6.45) is 0.333. The second kappa shape index (κ2) is 7.38. The average Bonchev–Trinajstić information content (AvgIpc) is 2.52. The van der Waals surface area contributed by atoms with Crippen LogP contribution < -0.4 is 9.47 Å². The summed E-state index contributed by atoms with van der Waals surface area (Å²) < 4.78 is 15.8. The van der Waals surface area contributed by atoms with E-state index >= 15 is 0 Å². The molecule has 1 aromatic heterocycles. The van der Waals surface area contributed by atoms with Crippen molar-refractivity contribution in [1.82, 2.24) is 4.98 Å². The number of carbonyl (C=O) groups is 1. The summed E-state index contributed by atoms with van der Waals surface area (Å²) in [6, 6.07) is 3.62. The normalized spacial score (nSPS) is 10.9. The topological polar surface area (TPSA) is 77.9 Å². The number of aromatic nitrogens is 1. The first-order valence-electron chi connectivity index (χ1n) is 7.81. The molecular formula is C18H23NO5. The Balaban J connectivity index is 2.46. The van der Waals surface area contributed by atoms with Gasteiger partial charge in [-0.3, -0.25) is 4.79 Å². The van der Waals surface area contributed by atoms with E-state index in [-0.39, 0.29) is 24.4 Å². The van der Waals surface area contributed by atoms with E-state index < -0.39 is 0 Å². The number of pyridine rings is 1. The molecule has 0 unspecified atom stereocenters. The maximum atomic E-state index is 11.8. The van der Waals surface area contributed by atoms with Gasteiger partial charge in [0.25, 0.3) is 0 Å². The Hall–Kier alpha value is -2.50. The van der Waals surface area contributed by atoms with Crippen LogP contribution in [0.5, 0.6) is 17.4 Å². The minimum Gasteiger partial charge on any atom is -0.493 e.